The zero-order chi connectivity index (χ0) is 13.9. The van der Waals surface area contributed by atoms with Gasteiger partial charge in [0.25, 0.3) is 0 Å². The molecule has 0 radical (unpaired) electrons. The molecule has 3 N–H and O–H groups in total. The number of nitrogens with zero attached hydrogens (tertiary/aromatic N) is 2. The van der Waals surface area contributed by atoms with Crippen LogP contribution in [0.4, 0.5) is 10.8 Å². The van der Waals surface area contributed by atoms with E-state index < -0.39 is 0 Å². The second kappa shape index (κ2) is 5.81. The predicted molar refractivity (Wildman–Crippen MR) is 84.0 cm³/mol. The van der Waals surface area contributed by atoms with Gasteiger partial charge in [0.1, 0.15) is 10.8 Å². The van der Waals surface area contributed by atoms with E-state index in [4.69, 9.17) is 5.73 Å². The Morgan fingerprint density at radius 3 is 2.90 bits per heavy atom. The van der Waals surface area contributed by atoms with E-state index >= 15 is 0 Å². The van der Waals surface area contributed by atoms with Gasteiger partial charge in [0.05, 0.1) is 5.56 Å². The van der Waals surface area contributed by atoms with Crippen LogP contribution in [0.2, 0.25) is 0 Å². The van der Waals surface area contributed by atoms with Crippen molar-refractivity contribution in [1.82, 2.24) is 4.37 Å². The highest BCUT2D eigenvalue weighted by Gasteiger charge is 2.24. The van der Waals surface area contributed by atoms with Crippen LogP contribution in [-0.4, -0.2) is 29.2 Å². The number of aromatic nitrogens is 1. The highest BCUT2D eigenvalue weighted by atomic mass is 32.1. The van der Waals surface area contributed by atoms with Crippen molar-refractivity contribution in [2.75, 3.05) is 30.3 Å². The summed E-state index contributed by atoms with van der Waals surface area (Å²) in [6, 6.07) is 10.2. The maximum absolute atomic E-state index is 9.38. The predicted octanol–water partition coefficient (Wildman–Crippen LogP) is 2.60. The standard InChI is InChI=1S/C15H19N3OS/c16-14-13(12-6-2-1-3-7-12)15(20-17-14)18-8-4-5-11(9-18)10-19/h1-3,6-7,11,19H,4-5,8-10H2,(H2,16,17). The van der Waals surface area contributed by atoms with Crippen molar-refractivity contribution >= 4 is 22.4 Å². The van der Waals surface area contributed by atoms with Gasteiger partial charge in [-0.2, -0.15) is 4.37 Å². The van der Waals surface area contributed by atoms with Crippen LogP contribution < -0.4 is 10.6 Å². The summed E-state index contributed by atoms with van der Waals surface area (Å²) in [6.07, 6.45) is 2.21. The van der Waals surface area contributed by atoms with Crippen molar-refractivity contribution in [1.29, 1.82) is 0 Å². The number of hydrogen-bond acceptors (Lipinski definition) is 5. The summed E-state index contributed by atoms with van der Waals surface area (Å²) < 4.78 is 4.33. The number of piperidine rings is 1. The van der Waals surface area contributed by atoms with E-state index in [1.165, 1.54) is 11.5 Å². The van der Waals surface area contributed by atoms with E-state index in [9.17, 15) is 5.11 Å². The molecule has 1 aromatic carbocycles. The Kier molecular flexibility index (Phi) is 3.89. The molecule has 2 heterocycles. The fourth-order valence-electron chi connectivity index (χ4n) is 2.78. The summed E-state index contributed by atoms with van der Waals surface area (Å²) in [5.74, 6) is 0.956. The van der Waals surface area contributed by atoms with Gasteiger partial charge in [-0.25, -0.2) is 0 Å². The second-order valence-electron chi connectivity index (χ2n) is 5.25. The minimum Gasteiger partial charge on any atom is -0.396 e. The van der Waals surface area contributed by atoms with Gasteiger partial charge in [0, 0.05) is 19.7 Å². The molecule has 1 unspecified atom stereocenters. The lowest BCUT2D eigenvalue weighted by Crippen LogP contribution is -2.36. The van der Waals surface area contributed by atoms with Crippen molar-refractivity contribution in [3.05, 3.63) is 30.3 Å². The Bertz CT molecular complexity index is 570. The SMILES string of the molecule is Nc1nsc(N2CCCC(CO)C2)c1-c1ccccc1. The van der Waals surface area contributed by atoms with E-state index in [-0.39, 0.29) is 6.61 Å². The lowest BCUT2D eigenvalue weighted by molar-refractivity contribution is 0.209. The third-order valence-electron chi connectivity index (χ3n) is 3.83. The molecule has 106 valence electrons. The quantitative estimate of drug-likeness (QED) is 0.911. The van der Waals surface area contributed by atoms with Gasteiger partial charge < -0.3 is 15.7 Å². The zero-order valence-corrected chi connectivity index (χ0v) is 12.1. The van der Waals surface area contributed by atoms with E-state index in [1.807, 2.05) is 18.2 Å². The lowest BCUT2D eigenvalue weighted by Gasteiger charge is -2.33. The lowest BCUT2D eigenvalue weighted by atomic mass is 9.98. The van der Waals surface area contributed by atoms with E-state index in [0.717, 1.165) is 42.1 Å². The number of aliphatic hydroxyl groups excluding tert-OH is 1. The van der Waals surface area contributed by atoms with Gasteiger partial charge in [0.15, 0.2) is 0 Å². The molecule has 1 aliphatic heterocycles. The van der Waals surface area contributed by atoms with Crippen molar-refractivity contribution < 1.29 is 5.11 Å². The normalized spacial score (nSPS) is 19.2. The van der Waals surface area contributed by atoms with Gasteiger partial charge >= 0.3 is 0 Å². The van der Waals surface area contributed by atoms with Crippen molar-refractivity contribution in [2.24, 2.45) is 5.92 Å². The number of nitrogen functional groups attached to an aromatic ring is 1. The topological polar surface area (TPSA) is 62.4 Å². The van der Waals surface area contributed by atoms with Crippen LogP contribution in [0.5, 0.6) is 0 Å². The van der Waals surface area contributed by atoms with Crippen LogP contribution in [-0.2, 0) is 0 Å². The van der Waals surface area contributed by atoms with Gasteiger partial charge in [-0.3, -0.25) is 0 Å². The number of hydrogen-bond donors (Lipinski definition) is 2. The molecule has 1 atom stereocenters. The maximum Gasteiger partial charge on any atom is 0.147 e. The summed E-state index contributed by atoms with van der Waals surface area (Å²) in [4.78, 5) is 2.32. The summed E-state index contributed by atoms with van der Waals surface area (Å²) in [6.45, 7) is 2.15. The fraction of sp³-hybridized carbons (Fsp3) is 0.400. The molecular formula is C15H19N3OS. The van der Waals surface area contributed by atoms with Crippen LogP contribution in [0.1, 0.15) is 12.8 Å². The molecule has 1 aliphatic rings. The third-order valence-corrected chi connectivity index (χ3v) is 4.75. The van der Waals surface area contributed by atoms with Gasteiger partial charge in [-0.15, -0.1) is 0 Å². The molecule has 0 amide bonds. The van der Waals surface area contributed by atoms with Crippen molar-refractivity contribution in [3.63, 3.8) is 0 Å². The largest absolute Gasteiger partial charge is 0.396 e. The number of anilines is 2. The monoisotopic (exact) mass is 289 g/mol. The Balaban J connectivity index is 1.95. The number of aliphatic hydroxyl groups is 1. The Hall–Kier alpha value is -1.59. The van der Waals surface area contributed by atoms with Crippen molar-refractivity contribution in [2.45, 2.75) is 12.8 Å². The minimum absolute atomic E-state index is 0.255. The fourth-order valence-corrected chi connectivity index (χ4v) is 3.65. The number of nitrogens with two attached hydrogens (primary N) is 1. The van der Waals surface area contributed by atoms with Gasteiger partial charge in [0.2, 0.25) is 0 Å². The molecule has 0 bridgehead atoms. The minimum atomic E-state index is 0.255. The molecule has 5 heteroatoms. The Morgan fingerprint density at radius 2 is 2.15 bits per heavy atom. The zero-order valence-electron chi connectivity index (χ0n) is 11.3. The Morgan fingerprint density at radius 1 is 1.35 bits per heavy atom. The second-order valence-corrected chi connectivity index (χ2v) is 6.00. The van der Waals surface area contributed by atoms with Crippen LogP contribution in [0.15, 0.2) is 30.3 Å². The number of benzene rings is 1. The highest BCUT2D eigenvalue weighted by Crippen LogP contribution is 2.40. The molecule has 1 fully saturated rings. The molecule has 20 heavy (non-hydrogen) atoms. The molecule has 1 aromatic heterocycles. The molecular weight excluding hydrogens is 270 g/mol. The van der Waals surface area contributed by atoms with Crippen LogP contribution >= 0.6 is 11.5 Å². The van der Waals surface area contributed by atoms with Crippen LogP contribution in [0, 0.1) is 5.92 Å². The average Bonchev–Trinajstić information content (AvgIpc) is 2.90. The first-order valence-electron chi connectivity index (χ1n) is 6.96. The molecule has 4 nitrogen and oxygen atoms in total. The van der Waals surface area contributed by atoms with Crippen molar-refractivity contribution in [3.8, 4) is 11.1 Å². The molecule has 0 saturated carbocycles. The first kappa shape index (κ1) is 13.4. The molecule has 2 aromatic rings. The Labute approximate surface area is 123 Å². The number of rotatable bonds is 3. The average molecular weight is 289 g/mol. The molecule has 3 rings (SSSR count). The summed E-state index contributed by atoms with van der Waals surface area (Å²) >= 11 is 1.46. The molecule has 1 saturated heterocycles. The summed E-state index contributed by atoms with van der Waals surface area (Å²) in [5.41, 5.74) is 8.22. The van der Waals surface area contributed by atoms with E-state index in [2.05, 4.69) is 21.4 Å². The maximum atomic E-state index is 9.38. The van der Waals surface area contributed by atoms with Gasteiger partial charge in [-0.05, 0) is 35.9 Å². The van der Waals surface area contributed by atoms with E-state index in [0.29, 0.717) is 11.7 Å². The summed E-state index contributed by atoms with van der Waals surface area (Å²) in [5, 5.41) is 10.5. The first-order valence-corrected chi connectivity index (χ1v) is 7.73. The molecule has 0 aliphatic carbocycles. The highest BCUT2D eigenvalue weighted by molar-refractivity contribution is 7.11. The van der Waals surface area contributed by atoms with Crippen LogP contribution in [0.25, 0.3) is 11.1 Å². The smallest absolute Gasteiger partial charge is 0.147 e. The summed E-state index contributed by atoms with van der Waals surface area (Å²) in [7, 11) is 0. The first-order chi connectivity index (χ1) is 9.79. The van der Waals surface area contributed by atoms with E-state index in [1.54, 1.807) is 0 Å². The third kappa shape index (κ3) is 2.51. The van der Waals surface area contributed by atoms with Gasteiger partial charge in [-0.1, -0.05) is 30.3 Å². The molecule has 0 spiro atoms. The van der Waals surface area contributed by atoms with Crippen LogP contribution in [0.3, 0.4) is 0 Å².